The van der Waals surface area contributed by atoms with Crippen LogP contribution in [0.4, 0.5) is 13.2 Å². The summed E-state index contributed by atoms with van der Waals surface area (Å²) < 4.78 is 44.5. The summed E-state index contributed by atoms with van der Waals surface area (Å²) >= 11 is 0. The molecule has 2 fully saturated rings. The number of rotatable bonds is 6. The van der Waals surface area contributed by atoms with Crippen LogP contribution in [0.1, 0.15) is 57.1 Å². The Bertz CT molecular complexity index is 681. The zero-order valence-corrected chi connectivity index (χ0v) is 18.8. The number of benzene rings is 1. The molecule has 2 aliphatic rings. The van der Waals surface area contributed by atoms with Crippen molar-refractivity contribution >= 4 is 8.32 Å². The van der Waals surface area contributed by atoms with Crippen LogP contribution in [0, 0.1) is 5.41 Å². The van der Waals surface area contributed by atoms with Gasteiger partial charge in [0.15, 0.2) is 8.32 Å². The molecule has 0 N–H and O–H groups in total. The van der Waals surface area contributed by atoms with Crippen LogP contribution >= 0.6 is 0 Å². The third kappa shape index (κ3) is 4.65. The van der Waals surface area contributed by atoms with Crippen LogP contribution in [-0.4, -0.2) is 39.5 Å². The Kier molecular flexibility index (Phi) is 5.80. The van der Waals surface area contributed by atoms with E-state index in [4.69, 9.17) is 4.43 Å². The molecule has 6 heteroatoms. The Labute approximate surface area is 168 Å². The molecule has 0 unspecified atom stereocenters. The summed E-state index contributed by atoms with van der Waals surface area (Å²) in [6.07, 6.45) is -0.943. The predicted molar refractivity (Wildman–Crippen MR) is 110 cm³/mol. The molecule has 2 nitrogen and oxygen atoms in total. The molecule has 0 radical (unpaired) electrons. The molecule has 158 valence electrons. The number of hydrogen-bond donors (Lipinski definition) is 0. The lowest BCUT2D eigenvalue weighted by Crippen LogP contribution is -2.41. The van der Waals surface area contributed by atoms with Gasteiger partial charge in [-0.2, -0.15) is 13.2 Å². The number of halogens is 3. The molecule has 2 atom stereocenters. The van der Waals surface area contributed by atoms with Crippen molar-refractivity contribution < 1.29 is 17.6 Å². The second-order valence-corrected chi connectivity index (χ2v) is 15.0. The summed E-state index contributed by atoms with van der Waals surface area (Å²) in [5.41, 5.74) is 0.803. The molecule has 1 aliphatic carbocycles. The Morgan fingerprint density at radius 3 is 2.36 bits per heavy atom. The highest BCUT2D eigenvalue weighted by Crippen LogP contribution is 2.64. The largest absolute Gasteiger partial charge is 0.417 e. The summed E-state index contributed by atoms with van der Waals surface area (Å²) in [4.78, 5) is 2.51. The fraction of sp³-hybridized carbons (Fsp3) is 0.727. The second-order valence-electron chi connectivity index (χ2n) is 10.2. The second kappa shape index (κ2) is 7.44. The van der Waals surface area contributed by atoms with Gasteiger partial charge in [-0.25, -0.2) is 0 Å². The van der Waals surface area contributed by atoms with E-state index in [1.165, 1.54) is 12.1 Å². The molecule has 0 amide bonds. The number of likely N-dealkylation sites (tertiary alicyclic amines) is 1. The quantitative estimate of drug-likeness (QED) is 0.401. The minimum absolute atomic E-state index is 0.244. The Morgan fingerprint density at radius 2 is 1.79 bits per heavy atom. The van der Waals surface area contributed by atoms with E-state index in [9.17, 15) is 13.2 Å². The molecule has 1 aromatic rings. The van der Waals surface area contributed by atoms with E-state index < -0.39 is 20.1 Å². The number of alkyl halides is 3. The smallest absolute Gasteiger partial charge is 0.416 e. The fourth-order valence-electron chi connectivity index (χ4n) is 4.18. The van der Waals surface area contributed by atoms with Crippen LogP contribution in [0.3, 0.4) is 0 Å². The lowest BCUT2D eigenvalue weighted by atomic mass is 9.97. The zero-order valence-electron chi connectivity index (χ0n) is 17.8. The monoisotopic (exact) mass is 413 g/mol. The molecule has 1 heterocycles. The van der Waals surface area contributed by atoms with Crippen LogP contribution in [-0.2, 0) is 10.6 Å². The van der Waals surface area contributed by atoms with Crippen LogP contribution in [0.25, 0.3) is 0 Å². The summed E-state index contributed by atoms with van der Waals surface area (Å²) in [6.45, 7) is 15.4. The third-order valence-corrected chi connectivity index (χ3v) is 11.7. The van der Waals surface area contributed by atoms with Crippen molar-refractivity contribution in [3.8, 4) is 0 Å². The lowest BCUT2D eigenvalue weighted by Gasteiger charge is -2.36. The third-order valence-electron chi connectivity index (χ3n) is 7.18. The zero-order chi connectivity index (χ0) is 20.8. The fourth-order valence-corrected chi connectivity index (χ4v) is 5.27. The van der Waals surface area contributed by atoms with Crippen molar-refractivity contribution in [2.24, 2.45) is 5.41 Å². The molecule has 3 rings (SSSR count). The number of nitrogens with zero attached hydrogens (tertiary/aromatic N) is 1. The minimum Gasteiger partial charge on any atom is -0.417 e. The average Bonchev–Trinajstić information content (AvgIpc) is 3.12. The molecular weight excluding hydrogens is 379 g/mol. The van der Waals surface area contributed by atoms with Gasteiger partial charge < -0.3 is 9.33 Å². The predicted octanol–water partition coefficient (Wildman–Crippen LogP) is 6.30. The SMILES string of the molecule is CC(C)(C)[Si](C)(C)OCCCN1CC[C@@]2(C[C@@H]2c2ccc(C(F)(F)F)cc2)C1. The van der Waals surface area contributed by atoms with Gasteiger partial charge in [0.1, 0.15) is 0 Å². The van der Waals surface area contributed by atoms with Gasteiger partial charge >= 0.3 is 6.18 Å². The van der Waals surface area contributed by atoms with Gasteiger partial charge in [-0.15, -0.1) is 0 Å². The van der Waals surface area contributed by atoms with Crippen molar-refractivity contribution in [1.29, 1.82) is 0 Å². The first-order chi connectivity index (χ1) is 12.8. The first-order valence-electron chi connectivity index (χ1n) is 10.4. The van der Waals surface area contributed by atoms with Gasteiger partial charge in [0.2, 0.25) is 0 Å². The van der Waals surface area contributed by atoms with E-state index in [0.717, 1.165) is 51.1 Å². The van der Waals surface area contributed by atoms with Gasteiger partial charge in [0.05, 0.1) is 5.56 Å². The maximum atomic E-state index is 12.8. The average molecular weight is 414 g/mol. The van der Waals surface area contributed by atoms with Gasteiger partial charge in [0, 0.05) is 19.7 Å². The van der Waals surface area contributed by atoms with Crippen LogP contribution in [0.5, 0.6) is 0 Å². The summed E-state index contributed by atoms with van der Waals surface area (Å²) in [5, 5.41) is 0.244. The molecule has 28 heavy (non-hydrogen) atoms. The van der Waals surface area contributed by atoms with Crippen molar-refractivity contribution in [2.75, 3.05) is 26.2 Å². The highest BCUT2D eigenvalue weighted by molar-refractivity contribution is 6.74. The molecule has 0 aromatic heterocycles. The van der Waals surface area contributed by atoms with Crippen LogP contribution < -0.4 is 0 Å². The first kappa shape index (κ1) is 21.8. The molecule has 1 spiro atoms. The normalized spacial score (nSPS) is 26.2. The van der Waals surface area contributed by atoms with Gasteiger partial charge in [-0.05, 0) is 73.0 Å². The maximum absolute atomic E-state index is 12.8. The van der Waals surface area contributed by atoms with Gasteiger partial charge in [-0.3, -0.25) is 0 Å². The lowest BCUT2D eigenvalue weighted by molar-refractivity contribution is -0.137. The molecule has 1 saturated heterocycles. The summed E-state index contributed by atoms with van der Waals surface area (Å²) in [6, 6.07) is 5.81. The summed E-state index contributed by atoms with van der Waals surface area (Å²) in [5.74, 6) is 0.420. The Hall–Kier alpha value is -0.853. The van der Waals surface area contributed by atoms with E-state index in [0.29, 0.717) is 11.3 Å². The Morgan fingerprint density at radius 1 is 1.14 bits per heavy atom. The molecule has 0 bridgehead atoms. The standard InChI is InChI=1S/C22H34F3NOSi/c1-20(2,3)28(4,5)27-14-6-12-26-13-11-21(16-26)15-19(21)17-7-9-18(10-8-17)22(23,24)25/h7-10,19H,6,11-16H2,1-5H3/t19-,21-/m1/s1. The van der Waals surface area contributed by atoms with E-state index in [2.05, 4.69) is 38.8 Å². The summed E-state index contributed by atoms with van der Waals surface area (Å²) in [7, 11) is -1.67. The minimum atomic E-state index is -4.25. The highest BCUT2D eigenvalue weighted by Gasteiger charge is 2.57. The van der Waals surface area contributed by atoms with E-state index in [-0.39, 0.29) is 5.04 Å². The van der Waals surface area contributed by atoms with E-state index in [1.54, 1.807) is 12.1 Å². The van der Waals surface area contributed by atoms with Gasteiger partial charge in [0.25, 0.3) is 0 Å². The Balaban J connectivity index is 1.45. The van der Waals surface area contributed by atoms with Gasteiger partial charge in [-0.1, -0.05) is 32.9 Å². The molecule has 1 saturated carbocycles. The first-order valence-corrected chi connectivity index (χ1v) is 13.3. The van der Waals surface area contributed by atoms with E-state index >= 15 is 0 Å². The van der Waals surface area contributed by atoms with Crippen molar-refractivity contribution in [2.45, 2.75) is 70.3 Å². The number of hydrogen-bond acceptors (Lipinski definition) is 2. The molecule has 1 aromatic carbocycles. The molecular formula is C22H34F3NOSi. The van der Waals surface area contributed by atoms with Crippen molar-refractivity contribution in [1.82, 2.24) is 4.90 Å². The van der Waals surface area contributed by atoms with Crippen molar-refractivity contribution in [3.05, 3.63) is 35.4 Å². The topological polar surface area (TPSA) is 12.5 Å². The highest BCUT2D eigenvalue weighted by atomic mass is 28.4. The molecule has 1 aliphatic heterocycles. The van der Waals surface area contributed by atoms with Crippen LogP contribution in [0.15, 0.2) is 24.3 Å². The maximum Gasteiger partial charge on any atom is 0.416 e. The van der Waals surface area contributed by atoms with E-state index in [1.807, 2.05) is 0 Å². The van der Waals surface area contributed by atoms with Crippen molar-refractivity contribution in [3.63, 3.8) is 0 Å². The van der Waals surface area contributed by atoms with Crippen LogP contribution in [0.2, 0.25) is 18.1 Å².